The van der Waals surface area contributed by atoms with Crippen LogP contribution in [0.4, 0.5) is 11.4 Å². The third-order valence-corrected chi connectivity index (χ3v) is 4.37. The SMILES string of the molecule is COc1ccc(C)cc1NC(=O)CCN(C(C)=O)c1ccc(C)c(C)c1. The number of hydrogen-bond acceptors (Lipinski definition) is 3. The minimum Gasteiger partial charge on any atom is -0.495 e. The van der Waals surface area contributed by atoms with E-state index in [9.17, 15) is 9.59 Å². The predicted molar refractivity (Wildman–Crippen MR) is 105 cm³/mol. The van der Waals surface area contributed by atoms with E-state index in [1.807, 2.05) is 57.2 Å². The lowest BCUT2D eigenvalue weighted by Crippen LogP contribution is -2.32. The fourth-order valence-electron chi connectivity index (χ4n) is 2.71. The van der Waals surface area contributed by atoms with Crippen molar-refractivity contribution in [1.82, 2.24) is 0 Å². The molecule has 0 aromatic heterocycles. The van der Waals surface area contributed by atoms with Gasteiger partial charge in [0.2, 0.25) is 11.8 Å². The van der Waals surface area contributed by atoms with Gasteiger partial charge in [-0.15, -0.1) is 0 Å². The topological polar surface area (TPSA) is 58.6 Å². The zero-order valence-corrected chi connectivity index (χ0v) is 16.1. The van der Waals surface area contributed by atoms with Gasteiger partial charge < -0.3 is 15.0 Å². The van der Waals surface area contributed by atoms with Crippen LogP contribution >= 0.6 is 0 Å². The average Bonchev–Trinajstić information content (AvgIpc) is 2.58. The fourth-order valence-corrected chi connectivity index (χ4v) is 2.71. The highest BCUT2D eigenvalue weighted by atomic mass is 16.5. The highest BCUT2D eigenvalue weighted by Gasteiger charge is 2.15. The van der Waals surface area contributed by atoms with Crippen LogP contribution in [-0.2, 0) is 9.59 Å². The van der Waals surface area contributed by atoms with Crippen molar-refractivity contribution < 1.29 is 14.3 Å². The summed E-state index contributed by atoms with van der Waals surface area (Å²) in [6.07, 6.45) is 0.198. The number of aryl methyl sites for hydroxylation is 3. The maximum atomic E-state index is 12.4. The quantitative estimate of drug-likeness (QED) is 0.853. The summed E-state index contributed by atoms with van der Waals surface area (Å²) in [5.74, 6) is 0.361. The number of ether oxygens (including phenoxy) is 1. The summed E-state index contributed by atoms with van der Waals surface area (Å²) in [7, 11) is 1.57. The molecule has 138 valence electrons. The Morgan fingerprint density at radius 2 is 1.77 bits per heavy atom. The Kier molecular flexibility index (Phi) is 6.39. The van der Waals surface area contributed by atoms with E-state index in [1.54, 1.807) is 12.0 Å². The lowest BCUT2D eigenvalue weighted by atomic mass is 10.1. The summed E-state index contributed by atoms with van der Waals surface area (Å²) in [6, 6.07) is 11.5. The molecule has 0 fully saturated rings. The molecular formula is C21H26N2O3. The summed E-state index contributed by atoms with van der Waals surface area (Å²) >= 11 is 0. The van der Waals surface area contributed by atoms with E-state index in [0.29, 0.717) is 18.0 Å². The van der Waals surface area contributed by atoms with Gasteiger partial charge in [-0.2, -0.15) is 0 Å². The smallest absolute Gasteiger partial charge is 0.226 e. The van der Waals surface area contributed by atoms with Crippen LogP contribution in [0.5, 0.6) is 5.75 Å². The number of methoxy groups -OCH3 is 1. The molecule has 0 aliphatic heterocycles. The molecule has 5 heteroatoms. The normalized spacial score (nSPS) is 10.3. The van der Waals surface area contributed by atoms with Crippen LogP contribution in [0.1, 0.15) is 30.0 Å². The first-order chi connectivity index (χ1) is 12.3. The maximum absolute atomic E-state index is 12.4. The Morgan fingerprint density at radius 1 is 1.04 bits per heavy atom. The summed E-state index contributed by atoms with van der Waals surface area (Å²) in [5.41, 5.74) is 4.76. The van der Waals surface area contributed by atoms with Crippen LogP contribution in [0.15, 0.2) is 36.4 Å². The first-order valence-corrected chi connectivity index (χ1v) is 8.61. The number of nitrogens with one attached hydrogen (secondary N) is 1. The van der Waals surface area contributed by atoms with E-state index in [-0.39, 0.29) is 18.2 Å². The number of rotatable bonds is 6. The molecule has 2 aromatic rings. The molecule has 0 aliphatic carbocycles. The largest absolute Gasteiger partial charge is 0.495 e. The van der Waals surface area contributed by atoms with Crippen molar-refractivity contribution >= 4 is 23.2 Å². The molecule has 0 spiro atoms. The minimum absolute atomic E-state index is 0.0887. The number of amides is 2. The van der Waals surface area contributed by atoms with Crippen molar-refractivity contribution in [1.29, 1.82) is 0 Å². The summed E-state index contributed by atoms with van der Waals surface area (Å²) in [5, 5.41) is 2.87. The van der Waals surface area contributed by atoms with Gasteiger partial charge in [-0.05, 0) is 61.7 Å². The van der Waals surface area contributed by atoms with Crippen LogP contribution in [0.2, 0.25) is 0 Å². The summed E-state index contributed by atoms with van der Waals surface area (Å²) in [6.45, 7) is 7.81. The highest BCUT2D eigenvalue weighted by molar-refractivity contribution is 5.95. The Balaban J connectivity index is 2.07. The average molecular weight is 354 g/mol. The third kappa shape index (κ3) is 4.85. The molecule has 2 rings (SSSR count). The van der Waals surface area contributed by atoms with Crippen molar-refractivity contribution in [2.75, 3.05) is 23.9 Å². The molecule has 0 aliphatic rings. The maximum Gasteiger partial charge on any atom is 0.226 e. The molecule has 26 heavy (non-hydrogen) atoms. The van der Waals surface area contributed by atoms with Crippen molar-refractivity contribution in [3.63, 3.8) is 0 Å². The first kappa shape index (κ1) is 19.5. The van der Waals surface area contributed by atoms with E-state index >= 15 is 0 Å². The van der Waals surface area contributed by atoms with E-state index in [0.717, 1.165) is 16.8 Å². The summed E-state index contributed by atoms with van der Waals surface area (Å²) < 4.78 is 5.28. The fraction of sp³-hybridized carbons (Fsp3) is 0.333. The zero-order valence-electron chi connectivity index (χ0n) is 16.1. The van der Waals surface area contributed by atoms with Crippen molar-refractivity contribution in [2.24, 2.45) is 0 Å². The second kappa shape index (κ2) is 8.52. The standard InChI is InChI=1S/C21H26N2O3/c1-14-6-9-20(26-5)19(12-14)22-21(25)10-11-23(17(4)24)18-8-7-15(2)16(3)13-18/h6-9,12-13H,10-11H2,1-5H3,(H,22,25). The Hall–Kier alpha value is -2.82. The number of benzene rings is 2. The highest BCUT2D eigenvalue weighted by Crippen LogP contribution is 2.25. The Morgan fingerprint density at radius 3 is 2.38 bits per heavy atom. The van der Waals surface area contributed by atoms with Crippen LogP contribution in [0, 0.1) is 20.8 Å². The molecule has 0 heterocycles. The van der Waals surface area contributed by atoms with Gasteiger partial charge in [0.1, 0.15) is 5.75 Å². The van der Waals surface area contributed by atoms with Crippen LogP contribution in [-0.4, -0.2) is 25.5 Å². The van der Waals surface area contributed by atoms with Crippen LogP contribution in [0.25, 0.3) is 0 Å². The van der Waals surface area contributed by atoms with Gasteiger partial charge in [-0.25, -0.2) is 0 Å². The minimum atomic E-state index is -0.163. The molecule has 0 atom stereocenters. The van der Waals surface area contributed by atoms with E-state index in [1.165, 1.54) is 12.5 Å². The van der Waals surface area contributed by atoms with Gasteiger partial charge in [0.15, 0.2) is 0 Å². The number of hydrogen-bond donors (Lipinski definition) is 1. The number of anilines is 2. The van der Waals surface area contributed by atoms with Gasteiger partial charge in [0.05, 0.1) is 12.8 Å². The Labute approximate surface area is 155 Å². The molecule has 2 aromatic carbocycles. The molecule has 2 amide bonds. The molecular weight excluding hydrogens is 328 g/mol. The van der Waals surface area contributed by atoms with Crippen LogP contribution in [0.3, 0.4) is 0 Å². The lowest BCUT2D eigenvalue weighted by molar-refractivity contribution is -0.117. The predicted octanol–water partition coefficient (Wildman–Crippen LogP) is 4.00. The van der Waals surface area contributed by atoms with E-state index < -0.39 is 0 Å². The summed E-state index contributed by atoms with van der Waals surface area (Å²) in [4.78, 5) is 26.0. The molecule has 0 saturated carbocycles. The molecule has 0 bridgehead atoms. The molecule has 0 unspecified atom stereocenters. The van der Waals surface area contributed by atoms with E-state index in [4.69, 9.17) is 4.74 Å². The molecule has 5 nitrogen and oxygen atoms in total. The molecule has 1 N–H and O–H groups in total. The van der Waals surface area contributed by atoms with Gasteiger partial charge in [0, 0.05) is 25.6 Å². The third-order valence-electron chi connectivity index (χ3n) is 4.37. The van der Waals surface area contributed by atoms with Gasteiger partial charge in [-0.3, -0.25) is 9.59 Å². The zero-order chi connectivity index (χ0) is 19.3. The molecule has 0 saturated heterocycles. The Bertz CT molecular complexity index is 815. The monoisotopic (exact) mass is 354 g/mol. The second-order valence-electron chi connectivity index (χ2n) is 6.44. The van der Waals surface area contributed by atoms with Gasteiger partial charge in [0.25, 0.3) is 0 Å². The first-order valence-electron chi connectivity index (χ1n) is 8.61. The van der Waals surface area contributed by atoms with Gasteiger partial charge >= 0.3 is 0 Å². The second-order valence-corrected chi connectivity index (χ2v) is 6.44. The van der Waals surface area contributed by atoms with E-state index in [2.05, 4.69) is 5.32 Å². The molecule has 0 radical (unpaired) electrons. The number of carbonyl (C=O) groups excluding carboxylic acids is 2. The van der Waals surface area contributed by atoms with Crippen LogP contribution < -0.4 is 15.0 Å². The number of carbonyl (C=O) groups is 2. The number of nitrogens with zero attached hydrogens (tertiary/aromatic N) is 1. The van der Waals surface area contributed by atoms with Crippen molar-refractivity contribution in [3.05, 3.63) is 53.1 Å². The lowest BCUT2D eigenvalue weighted by Gasteiger charge is -2.22. The van der Waals surface area contributed by atoms with Crippen molar-refractivity contribution in [2.45, 2.75) is 34.1 Å². The van der Waals surface area contributed by atoms with Crippen molar-refractivity contribution in [3.8, 4) is 5.75 Å². The van der Waals surface area contributed by atoms with Gasteiger partial charge in [-0.1, -0.05) is 12.1 Å².